The molecule has 0 saturated heterocycles. The molecule has 2 aromatic rings. The number of nitrogens with one attached hydrogen (secondary N) is 1. The zero-order valence-corrected chi connectivity index (χ0v) is 16.3. The summed E-state index contributed by atoms with van der Waals surface area (Å²) in [5, 5.41) is 2.98. The molecule has 1 N–H and O–H groups in total. The Morgan fingerprint density at radius 1 is 1.04 bits per heavy atom. The molecule has 9 heteroatoms. The summed E-state index contributed by atoms with van der Waals surface area (Å²) in [6, 6.07) is 7.67. The van der Waals surface area contributed by atoms with Crippen molar-refractivity contribution in [2.45, 2.75) is 13.0 Å². The molecular weight excluding hydrogens is 396 g/mol. The largest absolute Gasteiger partial charge is 0.493 e. The third-order valence-electron chi connectivity index (χ3n) is 3.84. The van der Waals surface area contributed by atoms with Crippen molar-refractivity contribution in [1.82, 2.24) is 5.32 Å². The maximum Gasteiger partial charge on any atom is 0.387 e. The third-order valence-corrected chi connectivity index (χ3v) is 4.12. The minimum Gasteiger partial charge on any atom is -0.493 e. The van der Waals surface area contributed by atoms with E-state index in [4.69, 9.17) is 25.8 Å². The number of alkyl halides is 2. The fraction of sp³-hybridized carbons (Fsp3) is 0.316. The van der Waals surface area contributed by atoms with Crippen LogP contribution in [0.5, 0.6) is 23.0 Å². The van der Waals surface area contributed by atoms with Crippen LogP contribution in [0.15, 0.2) is 30.3 Å². The third kappa shape index (κ3) is 5.39. The van der Waals surface area contributed by atoms with Crippen molar-refractivity contribution >= 4 is 17.5 Å². The molecule has 0 saturated carbocycles. The summed E-state index contributed by atoms with van der Waals surface area (Å²) in [6.07, 6.45) is 0.399. The van der Waals surface area contributed by atoms with Gasteiger partial charge < -0.3 is 24.3 Å². The first-order valence-corrected chi connectivity index (χ1v) is 8.58. The molecule has 0 heterocycles. The fourth-order valence-electron chi connectivity index (χ4n) is 2.54. The van der Waals surface area contributed by atoms with Gasteiger partial charge in [-0.1, -0.05) is 17.7 Å². The Morgan fingerprint density at radius 2 is 1.75 bits per heavy atom. The molecule has 6 nitrogen and oxygen atoms in total. The lowest BCUT2D eigenvalue weighted by molar-refractivity contribution is -0.0512. The first kappa shape index (κ1) is 21.6. The highest BCUT2D eigenvalue weighted by molar-refractivity contribution is 6.32. The van der Waals surface area contributed by atoms with E-state index in [1.54, 1.807) is 6.07 Å². The highest BCUT2D eigenvalue weighted by Crippen LogP contribution is 2.36. The first-order valence-electron chi connectivity index (χ1n) is 8.21. The van der Waals surface area contributed by atoms with E-state index < -0.39 is 6.61 Å². The van der Waals surface area contributed by atoms with Crippen molar-refractivity contribution in [1.29, 1.82) is 0 Å². The Labute approximate surface area is 166 Å². The van der Waals surface area contributed by atoms with E-state index >= 15 is 0 Å². The molecule has 0 spiro atoms. The van der Waals surface area contributed by atoms with E-state index in [0.29, 0.717) is 29.0 Å². The lowest BCUT2D eigenvalue weighted by atomic mass is 10.1. The van der Waals surface area contributed by atoms with Crippen LogP contribution >= 0.6 is 11.6 Å². The highest BCUT2D eigenvalue weighted by atomic mass is 35.5. The summed E-state index contributed by atoms with van der Waals surface area (Å²) >= 11 is 6.10. The number of ether oxygens (including phenoxy) is 4. The molecule has 0 aliphatic carbocycles. The van der Waals surface area contributed by atoms with E-state index in [-0.39, 0.29) is 29.0 Å². The topological polar surface area (TPSA) is 66.0 Å². The molecule has 2 rings (SSSR count). The van der Waals surface area contributed by atoms with E-state index in [2.05, 4.69) is 10.1 Å². The Kier molecular flexibility index (Phi) is 7.69. The molecular formula is C19H20ClF2NO5. The molecule has 1 amide bonds. The molecule has 0 fully saturated rings. The van der Waals surface area contributed by atoms with Gasteiger partial charge in [-0.3, -0.25) is 4.79 Å². The van der Waals surface area contributed by atoms with Crippen LogP contribution in [0.1, 0.15) is 15.9 Å². The second-order valence-corrected chi connectivity index (χ2v) is 5.97. The van der Waals surface area contributed by atoms with Gasteiger partial charge >= 0.3 is 6.61 Å². The zero-order valence-electron chi connectivity index (χ0n) is 15.6. The second-order valence-electron chi connectivity index (χ2n) is 5.56. The van der Waals surface area contributed by atoms with Gasteiger partial charge in [-0.25, -0.2) is 0 Å². The summed E-state index contributed by atoms with van der Waals surface area (Å²) in [6.45, 7) is -2.69. The maximum atomic E-state index is 12.5. The van der Waals surface area contributed by atoms with Crippen molar-refractivity contribution < 1.29 is 32.5 Å². The highest BCUT2D eigenvalue weighted by Gasteiger charge is 2.15. The second kappa shape index (κ2) is 9.98. The van der Waals surface area contributed by atoms with Gasteiger partial charge in [0.1, 0.15) is 0 Å². The van der Waals surface area contributed by atoms with Crippen LogP contribution in [0, 0.1) is 0 Å². The summed E-state index contributed by atoms with van der Waals surface area (Å²) in [7, 11) is 4.25. The summed E-state index contributed by atoms with van der Waals surface area (Å²) in [4.78, 5) is 12.4. The van der Waals surface area contributed by atoms with Gasteiger partial charge in [0.15, 0.2) is 23.0 Å². The number of amides is 1. The van der Waals surface area contributed by atoms with Gasteiger partial charge in [0, 0.05) is 12.1 Å². The van der Waals surface area contributed by atoms with Gasteiger partial charge in [0.2, 0.25) is 0 Å². The summed E-state index contributed by atoms with van der Waals surface area (Å²) in [5.41, 5.74) is 1.00. The average molecular weight is 416 g/mol. The van der Waals surface area contributed by atoms with Crippen LogP contribution in [0.3, 0.4) is 0 Å². The van der Waals surface area contributed by atoms with Crippen LogP contribution in [-0.2, 0) is 6.42 Å². The summed E-state index contributed by atoms with van der Waals surface area (Å²) in [5.74, 6) is 0.455. The molecule has 0 aliphatic rings. The standard InChI is InChI=1S/C19H20ClF2NO5/c1-25-14-5-4-11(8-15(14)28-19(21)22)6-7-23-18(24)12-9-13(20)17(27-3)16(10-12)26-2/h4-5,8-10,19H,6-7H2,1-3H3,(H,23,24). The normalized spacial score (nSPS) is 10.5. The Bertz CT molecular complexity index is 832. The number of carbonyl (C=O) groups excluding carboxylic acids is 1. The predicted molar refractivity (Wildman–Crippen MR) is 100 cm³/mol. The number of hydrogen-bond acceptors (Lipinski definition) is 5. The maximum absolute atomic E-state index is 12.5. The molecule has 0 radical (unpaired) electrons. The van der Waals surface area contributed by atoms with Gasteiger partial charge in [-0.2, -0.15) is 8.78 Å². The van der Waals surface area contributed by atoms with Crippen LogP contribution < -0.4 is 24.3 Å². The van der Waals surface area contributed by atoms with E-state index in [0.717, 1.165) is 0 Å². The number of benzene rings is 2. The van der Waals surface area contributed by atoms with Crippen molar-refractivity contribution in [2.75, 3.05) is 27.9 Å². The van der Waals surface area contributed by atoms with Gasteiger partial charge in [-0.15, -0.1) is 0 Å². The molecule has 0 unspecified atom stereocenters. The Balaban J connectivity index is 2.03. The minimum absolute atomic E-state index is 0.0620. The fourth-order valence-corrected chi connectivity index (χ4v) is 2.82. The Morgan fingerprint density at radius 3 is 2.36 bits per heavy atom. The van der Waals surface area contributed by atoms with Gasteiger partial charge in [0.05, 0.1) is 26.4 Å². The van der Waals surface area contributed by atoms with Gasteiger partial charge in [-0.05, 0) is 36.2 Å². The van der Waals surface area contributed by atoms with Crippen molar-refractivity contribution in [3.63, 3.8) is 0 Å². The lowest BCUT2D eigenvalue weighted by Crippen LogP contribution is -2.25. The molecule has 2 aromatic carbocycles. The number of hydrogen-bond donors (Lipinski definition) is 1. The predicted octanol–water partition coefficient (Wildman–Crippen LogP) is 3.94. The van der Waals surface area contributed by atoms with E-state index in [1.165, 1.54) is 45.6 Å². The van der Waals surface area contributed by atoms with Crippen molar-refractivity contribution in [2.24, 2.45) is 0 Å². The van der Waals surface area contributed by atoms with Crippen molar-refractivity contribution in [3.05, 3.63) is 46.5 Å². The number of methoxy groups -OCH3 is 3. The molecule has 0 aromatic heterocycles. The molecule has 152 valence electrons. The van der Waals surface area contributed by atoms with Gasteiger partial charge in [0.25, 0.3) is 5.91 Å². The number of carbonyl (C=O) groups is 1. The first-order chi connectivity index (χ1) is 13.4. The number of halogens is 3. The quantitative estimate of drug-likeness (QED) is 0.672. The van der Waals surface area contributed by atoms with Crippen LogP contribution in [0.2, 0.25) is 5.02 Å². The van der Waals surface area contributed by atoms with E-state index in [9.17, 15) is 13.6 Å². The summed E-state index contributed by atoms with van der Waals surface area (Å²) < 4.78 is 44.7. The molecule has 0 bridgehead atoms. The van der Waals surface area contributed by atoms with Crippen LogP contribution in [0.25, 0.3) is 0 Å². The molecule has 28 heavy (non-hydrogen) atoms. The van der Waals surface area contributed by atoms with Crippen LogP contribution in [-0.4, -0.2) is 40.4 Å². The molecule has 0 atom stereocenters. The van der Waals surface area contributed by atoms with E-state index in [1.807, 2.05) is 0 Å². The lowest BCUT2D eigenvalue weighted by Gasteiger charge is -2.13. The van der Waals surface area contributed by atoms with Crippen LogP contribution in [0.4, 0.5) is 8.78 Å². The smallest absolute Gasteiger partial charge is 0.387 e. The Hall–Kier alpha value is -2.74. The molecule has 0 aliphatic heterocycles. The average Bonchev–Trinajstić information content (AvgIpc) is 2.66. The SMILES string of the molecule is COc1ccc(CCNC(=O)c2cc(Cl)c(OC)c(OC)c2)cc1OC(F)F. The minimum atomic E-state index is -2.96. The zero-order chi connectivity index (χ0) is 20.7. The number of rotatable bonds is 9. The van der Waals surface area contributed by atoms with Crippen molar-refractivity contribution in [3.8, 4) is 23.0 Å². The monoisotopic (exact) mass is 415 g/mol.